The van der Waals surface area contributed by atoms with Crippen LogP contribution in [0.2, 0.25) is 12.1 Å². The van der Waals surface area contributed by atoms with Crippen LogP contribution in [0.25, 0.3) is 34.1 Å². The Morgan fingerprint density at radius 2 is 1.64 bits per heavy atom. The number of nitrogens with zero attached hydrogens (tertiary/aromatic N) is 1. The lowest BCUT2D eigenvalue weighted by Gasteiger charge is -2.41. The molecular formula is C47H44NSSi. The molecule has 0 spiro atoms. The first-order chi connectivity index (χ1) is 24.7. The first kappa shape index (κ1) is 30.6. The third-order valence-electron chi connectivity index (χ3n) is 12.4. The van der Waals surface area contributed by atoms with E-state index in [0.29, 0.717) is 17.5 Å². The van der Waals surface area contributed by atoms with Crippen molar-refractivity contribution in [2.75, 3.05) is 4.90 Å². The fourth-order valence-electron chi connectivity index (χ4n) is 9.82. The molecule has 4 aromatic carbocycles. The highest BCUT2D eigenvalue weighted by atomic mass is 32.1. The molecule has 247 valence electrons. The van der Waals surface area contributed by atoms with Gasteiger partial charge in [-0.1, -0.05) is 116 Å². The minimum atomic E-state index is -0.795. The fourth-order valence-corrected chi connectivity index (χ4v) is 14.1. The second kappa shape index (κ2) is 12.5. The molecular weight excluding hydrogens is 639 g/mol. The standard InChI is InChI=1S/C47H44NSSi/c1-50-44-29-28-40-39-14-7-8-17-43(39)49-46(40)45(44)41-15-9-16-42(47(41)50)48(37-24-20-33(21-25-37)31-10-3-2-4-11-31)38-26-22-34(23-27-38)36-19-18-32-12-5-6-13-35(32)30-36/h2-7,9-16,18-19,22,24,28,30,33,38,44H,8,17,20-21,23,25-27,29H2,1H3. The molecule has 0 bridgehead atoms. The lowest BCUT2D eigenvalue weighted by molar-refractivity contribution is 0.534. The molecule has 50 heavy (non-hydrogen) atoms. The van der Waals surface area contributed by atoms with Gasteiger partial charge in [-0.3, -0.25) is 0 Å². The van der Waals surface area contributed by atoms with Crippen LogP contribution in [0.5, 0.6) is 0 Å². The van der Waals surface area contributed by atoms with Gasteiger partial charge in [-0.15, -0.1) is 11.3 Å². The van der Waals surface area contributed by atoms with E-state index in [1.54, 1.807) is 31.4 Å². The average molecular weight is 683 g/mol. The monoisotopic (exact) mass is 682 g/mol. The highest BCUT2D eigenvalue weighted by Gasteiger charge is 2.41. The van der Waals surface area contributed by atoms with E-state index >= 15 is 0 Å². The second-order valence-corrected chi connectivity index (χ2v) is 18.7. The number of fused-ring (bicyclic) bond motifs is 7. The number of rotatable bonds is 5. The minimum absolute atomic E-state index is 0.481. The van der Waals surface area contributed by atoms with E-state index in [-0.39, 0.29) is 0 Å². The van der Waals surface area contributed by atoms with Crippen LogP contribution in [-0.2, 0) is 6.42 Å². The van der Waals surface area contributed by atoms with Gasteiger partial charge in [-0.25, -0.2) is 0 Å². The fraction of sp³-hybridized carbons (Fsp3) is 0.277. The molecule has 1 aromatic heterocycles. The van der Waals surface area contributed by atoms with Gasteiger partial charge in [0.1, 0.15) is 0 Å². The van der Waals surface area contributed by atoms with Crippen molar-refractivity contribution in [1.82, 2.24) is 0 Å². The van der Waals surface area contributed by atoms with Crippen LogP contribution in [0.1, 0.15) is 84.4 Å². The number of aryl methyl sites for hydroxylation is 1. The van der Waals surface area contributed by atoms with Gasteiger partial charge in [0.15, 0.2) is 0 Å². The minimum Gasteiger partial charge on any atom is -0.342 e. The Balaban J connectivity index is 1.06. The molecule has 1 aliphatic heterocycles. The number of hydrogen-bond acceptors (Lipinski definition) is 2. The Hall–Kier alpha value is -4.18. The summed E-state index contributed by atoms with van der Waals surface area (Å²) in [5.74, 6) is 0.617. The van der Waals surface area contributed by atoms with E-state index < -0.39 is 8.80 Å². The van der Waals surface area contributed by atoms with E-state index in [9.17, 15) is 0 Å². The zero-order chi connectivity index (χ0) is 33.2. The van der Waals surface area contributed by atoms with E-state index in [1.165, 1.54) is 76.0 Å². The number of hydrogen-bond donors (Lipinski definition) is 0. The van der Waals surface area contributed by atoms with Crippen LogP contribution < -0.4 is 19.8 Å². The third kappa shape index (κ3) is 5.07. The number of anilines is 1. The Morgan fingerprint density at radius 3 is 2.48 bits per heavy atom. The topological polar surface area (TPSA) is 3.24 Å². The van der Waals surface area contributed by atoms with Crippen molar-refractivity contribution in [3.05, 3.63) is 152 Å². The third-order valence-corrected chi connectivity index (χ3v) is 16.6. The maximum atomic E-state index is 2.88. The first-order valence-electron chi connectivity index (χ1n) is 18.9. The van der Waals surface area contributed by atoms with Gasteiger partial charge in [0, 0.05) is 26.8 Å². The van der Waals surface area contributed by atoms with Gasteiger partial charge in [0.05, 0.1) is 8.80 Å². The molecule has 2 heterocycles. The molecule has 1 radical (unpaired) electrons. The van der Waals surface area contributed by atoms with Crippen LogP contribution in [0.15, 0.2) is 115 Å². The van der Waals surface area contributed by atoms with Crippen LogP contribution in [-0.4, -0.2) is 14.8 Å². The molecule has 1 nitrogen and oxygen atoms in total. The van der Waals surface area contributed by atoms with Gasteiger partial charge in [-0.2, -0.15) is 0 Å². The summed E-state index contributed by atoms with van der Waals surface area (Å²) in [7, 11) is -0.795. The van der Waals surface area contributed by atoms with Gasteiger partial charge in [0.2, 0.25) is 0 Å². The Morgan fingerprint density at radius 1 is 0.760 bits per heavy atom. The van der Waals surface area contributed by atoms with Gasteiger partial charge >= 0.3 is 0 Å². The van der Waals surface area contributed by atoms with Crippen molar-refractivity contribution in [3.8, 4) is 0 Å². The molecule has 3 heteroatoms. The maximum Gasteiger partial charge on any atom is 0.0942 e. The maximum absolute atomic E-state index is 2.88. The second-order valence-electron chi connectivity index (χ2n) is 15.1. The number of thiophene rings is 1. The molecule has 3 unspecified atom stereocenters. The van der Waals surface area contributed by atoms with Crippen LogP contribution in [0, 0.1) is 0 Å². The van der Waals surface area contributed by atoms with E-state index in [0.717, 1.165) is 25.7 Å². The molecule has 0 fully saturated rings. The SMILES string of the molecule is C[Si]1c2c(cccc2N(C2=CCC(c3ccccc3)CC2)C2CC=C(c3ccc4ccccc4c3)CC2)C2=c3sc4c(c3=CCC21)C=CCC4. The lowest BCUT2D eigenvalue weighted by Crippen LogP contribution is -2.42. The molecule has 0 saturated heterocycles. The highest BCUT2D eigenvalue weighted by Crippen LogP contribution is 2.45. The van der Waals surface area contributed by atoms with Gasteiger partial charge < -0.3 is 4.90 Å². The predicted molar refractivity (Wildman–Crippen MR) is 217 cm³/mol. The average Bonchev–Trinajstić information content (AvgIpc) is 3.71. The normalized spacial score (nSPS) is 22.6. The smallest absolute Gasteiger partial charge is 0.0942 e. The Labute approximate surface area is 302 Å². The lowest BCUT2D eigenvalue weighted by atomic mass is 9.84. The van der Waals surface area contributed by atoms with E-state index in [1.807, 2.05) is 0 Å². The van der Waals surface area contributed by atoms with E-state index in [2.05, 4.69) is 144 Å². The van der Waals surface area contributed by atoms with E-state index in [4.69, 9.17) is 0 Å². The van der Waals surface area contributed by atoms with Crippen LogP contribution >= 0.6 is 11.3 Å². The number of allylic oxidation sites excluding steroid dienone is 4. The zero-order valence-corrected chi connectivity index (χ0v) is 30.8. The Bertz CT molecular complexity index is 2360. The van der Waals surface area contributed by atoms with Crippen molar-refractivity contribution < 1.29 is 0 Å². The molecule has 4 aliphatic carbocycles. The molecule has 10 rings (SSSR count). The van der Waals surface area contributed by atoms with Crippen molar-refractivity contribution in [2.24, 2.45) is 0 Å². The predicted octanol–water partition coefficient (Wildman–Crippen LogP) is 10.3. The molecule has 0 saturated carbocycles. The molecule has 0 amide bonds. The molecule has 5 aliphatic rings. The highest BCUT2D eigenvalue weighted by molar-refractivity contribution is 7.10. The quantitative estimate of drug-likeness (QED) is 0.167. The molecule has 3 atom stereocenters. The molecule has 0 N–H and O–H groups in total. The first-order valence-corrected chi connectivity index (χ1v) is 21.8. The zero-order valence-electron chi connectivity index (χ0n) is 29.0. The van der Waals surface area contributed by atoms with Crippen molar-refractivity contribution in [3.63, 3.8) is 0 Å². The summed E-state index contributed by atoms with van der Waals surface area (Å²) in [6, 6.07) is 34.9. The van der Waals surface area contributed by atoms with Crippen molar-refractivity contribution in [2.45, 2.75) is 81.8 Å². The van der Waals surface area contributed by atoms with Crippen LogP contribution in [0.3, 0.4) is 0 Å². The van der Waals surface area contributed by atoms with Crippen molar-refractivity contribution >= 4 is 65.1 Å². The largest absolute Gasteiger partial charge is 0.342 e. The Kier molecular flexibility index (Phi) is 7.68. The summed E-state index contributed by atoms with van der Waals surface area (Å²) in [6.07, 6.45) is 23.1. The summed E-state index contributed by atoms with van der Waals surface area (Å²) in [5.41, 5.74) is 13.0. The summed E-state index contributed by atoms with van der Waals surface area (Å²) < 4.78 is 1.59. The summed E-state index contributed by atoms with van der Waals surface area (Å²) in [4.78, 5) is 4.49. The summed E-state index contributed by atoms with van der Waals surface area (Å²) in [6.45, 7) is 2.63. The van der Waals surface area contributed by atoms with Crippen molar-refractivity contribution in [1.29, 1.82) is 0 Å². The number of benzene rings is 4. The molecule has 5 aromatic rings. The van der Waals surface area contributed by atoms with Gasteiger partial charge in [-0.05, 0) is 136 Å². The summed E-state index contributed by atoms with van der Waals surface area (Å²) >= 11 is 2.11. The summed E-state index contributed by atoms with van der Waals surface area (Å²) in [5, 5.41) is 5.91. The van der Waals surface area contributed by atoms with Crippen LogP contribution in [0.4, 0.5) is 5.69 Å². The van der Waals surface area contributed by atoms with Gasteiger partial charge in [0.25, 0.3) is 0 Å².